The van der Waals surface area contributed by atoms with E-state index >= 15 is 0 Å². The maximum absolute atomic E-state index is 12.2. The van der Waals surface area contributed by atoms with Crippen LogP contribution in [-0.2, 0) is 27.7 Å². The van der Waals surface area contributed by atoms with Gasteiger partial charge in [0.05, 0.1) is 66.3 Å². The Morgan fingerprint density at radius 3 is 0.885 bits per heavy atom. The molecule has 362 valence electrons. The Labute approximate surface area is 372 Å². The fourth-order valence-electron chi connectivity index (χ4n) is 7.36. The van der Waals surface area contributed by atoms with E-state index in [1.165, 1.54) is 149 Å². The molecule has 0 aromatic heterocycles. The van der Waals surface area contributed by atoms with E-state index in [9.17, 15) is 45.0 Å². The number of aliphatic hydroxyl groups is 3. The molecule has 0 aliphatic carbocycles. The molecule has 0 radical (unpaired) electrons. The molecule has 4 atom stereocenters. The zero-order valence-electron chi connectivity index (χ0n) is 39.8. The number of hydrogen-bond acceptors (Lipinski definition) is 9. The zero-order valence-corrected chi connectivity index (χ0v) is 40.8. The number of hydrogen-bond donors (Lipinski definition) is 6. The standard InChI is InChI=1S/C47H93NO12Si/c1-7-9-11-13-15-17-18-19-20-21-22-23-24-26-28-30-33-48(6,32-29-27-25-16-14-12-10-8-2)34-31-35-61(58-39-45(3,36-49)42(52)53,59-40-46(4,37-50)43(54)55)60-41-47(5,38-51)44(56)57/h49-51H,7-41H2,1-6H3,(H2-,52,53,54,55,56,57)/p+1. The number of rotatable bonds is 45. The van der Waals surface area contributed by atoms with Gasteiger partial charge < -0.3 is 48.4 Å². The molecule has 0 aliphatic heterocycles. The normalized spacial score (nSPS) is 16.9. The molecule has 4 unspecified atom stereocenters. The minimum atomic E-state index is -4.18. The van der Waals surface area contributed by atoms with E-state index in [1.54, 1.807) is 0 Å². The van der Waals surface area contributed by atoms with Gasteiger partial charge in [-0.3, -0.25) is 14.4 Å². The van der Waals surface area contributed by atoms with Crippen LogP contribution in [-0.4, -0.2) is 128 Å². The van der Waals surface area contributed by atoms with Crippen LogP contribution in [0.25, 0.3) is 0 Å². The Balaban J connectivity index is 5.87. The smallest absolute Gasteiger partial charge is 0.481 e. The van der Waals surface area contributed by atoms with Gasteiger partial charge in [0.1, 0.15) is 16.2 Å². The van der Waals surface area contributed by atoms with Gasteiger partial charge in [0, 0.05) is 12.5 Å². The summed E-state index contributed by atoms with van der Waals surface area (Å²) in [7, 11) is -1.92. The van der Waals surface area contributed by atoms with Crippen molar-refractivity contribution >= 4 is 26.7 Å². The predicted octanol–water partition coefficient (Wildman–Crippen LogP) is 9.46. The van der Waals surface area contributed by atoms with Gasteiger partial charge in [0.15, 0.2) is 0 Å². The highest BCUT2D eigenvalue weighted by Crippen LogP contribution is 2.30. The van der Waals surface area contributed by atoms with Crippen molar-refractivity contribution in [2.45, 2.75) is 201 Å². The van der Waals surface area contributed by atoms with E-state index in [0.29, 0.717) is 13.0 Å². The zero-order chi connectivity index (χ0) is 46.1. The Kier molecular flexibility index (Phi) is 32.9. The molecule has 0 amide bonds. The molecule has 0 bridgehead atoms. The lowest BCUT2D eigenvalue weighted by Gasteiger charge is -2.38. The lowest BCUT2D eigenvalue weighted by atomic mass is 9.94. The summed E-state index contributed by atoms with van der Waals surface area (Å²) in [5, 5.41) is 59.9. The first-order valence-corrected chi connectivity index (χ1v) is 26.2. The highest BCUT2D eigenvalue weighted by atomic mass is 28.4. The van der Waals surface area contributed by atoms with Gasteiger partial charge >= 0.3 is 26.7 Å². The highest BCUT2D eigenvalue weighted by molar-refractivity contribution is 6.60. The van der Waals surface area contributed by atoms with E-state index < -0.39 is 82.6 Å². The van der Waals surface area contributed by atoms with Crippen LogP contribution in [0, 0.1) is 16.2 Å². The molecule has 0 saturated heterocycles. The van der Waals surface area contributed by atoms with Crippen molar-refractivity contribution in [3.8, 4) is 0 Å². The fraction of sp³-hybridized carbons (Fsp3) is 0.936. The third kappa shape index (κ3) is 26.0. The lowest BCUT2D eigenvalue weighted by molar-refractivity contribution is -0.910. The number of unbranched alkanes of at least 4 members (excludes halogenated alkanes) is 22. The molecule has 0 rings (SSSR count). The van der Waals surface area contributed by atoms with Gasteiger partial charge in [-0.1, -0.05) is 142 Å². The van der Waals surface area contributed by atoms with Gasteiger partial charge in [-0.2, -0.15) is 0 Å². The molecule has 61 heavy (non-hydrogen) atoms. The molecule has 0 heterocycles. The summed E-state index contributed by atoms with van der Waals surface area (Å²) in [6, 6.07) is 0.0978. The molecule has 0 aromatic carbocycles. The SMILES string of the molecule is CCCCCCCCCCCCCCCCCC[N+](C)(CCCCCCCCCC)CCC[Si](OCC(C)(CO)C(=O)O)(OCC(C)(CO)C(=O)O)OCC(C)(CO)C(=O)O. The van der Waals surface area contributed by atoms with Crippen molar-refractivity contribution in [3.05, 3.63) is 0 Å². The summed E-state index contributed by atoms with van der Waals surface area (Å²) in [6.07, 6.45) is 31.0. The second kappa shape index (κ2) is 33.8. The van der Waals surface area contributed by atoms with Crippen LogP contribution in [0.1, 0.15) is 195 Å². The quantitative estimate of drug-likeness (QED) is 0.0193. The first-order valence-electron chi connectivity index (χ1n) is 24.2. The number of aliphatic carboxylic acids is 3. The molecule has 0 fully saturated rings. The number of carbonyl (C=O) groups is 3. The van der Waals surface area contributed by atoms with Gasteiger partial charge in [-0.05, 0) is 46.5 Å². The molecule has 6 N–H and O–H groups in total. The second-order valence-corrected chi connectivity index (χ2v) is 22.0. The van der Waals surface area contributed by atoms with Crippen LogP contribution in [0.3, 0.4) is 0 Å². The third-order valence-electron chi connectivity index (χ3n) is 12.7. The molecule has 0 spiro atoms. The first kappa shape index (κ1) is 59.3. The number of aliphatic hydroxyl groups excluding tert-OH is 3. The van der Waals surface area contributed by atoms with Gasteiger partial charge in [-0.15, -0.1) is 0 Å². The monoisotopic (exact) mass is 893 g/mol. The van der Waals surface area contributed by atoms with E-state index in [1.807, 2.05) is 0 Å². The van der Waals surface area contributed by atoms with Crippen LogP contribution in [0.2, 0.25) is 6.04 Å². The summed E-state index contributed by atoms with van der Waals surface area (Å²) >= 11 is 0. The maximum Gasteiger partial charge on any atom is 0.501 e. The average Bonchev–Trinajstić information content (AvgIpc) is 3.24. The van der Waals surface area contributed by atoms with Gasteiger partial charge in [-0.25, -0.2) is 0 Å². The lowest BCUT2D eigenvalue weighted by Crippen LogP contribution is -2.55. The predicted molar refractivity (Wildman–Crippen MR) is 244 cm³/mol. The van der Waals surface area contributed by atoms with Gasteiger partial charge in [0.2, 0.25) is 0 Å². The average molecular weight is 893 g/mol. The first-order chi connectivity index (χ1) is 29.0. The Morgan fingerprint density at radius 1 is 0.426 bits per heavy atom. The van der Waals surface area contributed by atoms with E-state index in [4.69, 9.17) is 13.3 Å². The summed E-state index contributed by atoms with van der Waals surface area (Å²) in [4.78, 5) is 36.6. The molecule has 14 heteroatoms. The van der Waals surface area contributed by atoms with Crippen molar-refractivity contribution in [2.24, 2.45) is 16.2 Å². The molecule has 0 saturated carbocycles. The van der Waals surface area contributed by atoms with Crippen molar-refractivity contribution in [2.75, 3.05) is 66.3 Å². The van der Waals surface area contributed by atoms with Crippen LogP contribution in [0.5, 0.6) is 0 Å². The van der Waals surface area contributed by atoms with E-state index in [2.05, 4.69) is 20.9 Å². The van der Waals surface area contributed by atoms with E-state index in [0.717, 1.165) is 43.3 Å². The van der Waals surface area contributed by atoms with E-state index in [-0.39, 0.29) is 6.04 Å². The molecule has 13 nitrogen and oxygen atoms in total. The minimum absolute atomic E-state index is 0.0978. The topological polar surface area (TPSA) is 200 Å². The van der Waals surface area contributed by atoms with Crippen LogP contribution in [0.4, 0.5) is 0 Å². The molecular formula is C47H94NO12Si+. The van der Waals surface area contributed by atoms with Crippen molar-refractivity contribution in [1.82, 2.24) is 0 Å². The summed E-state index contributed by atoms with van der Waals surface area (Å²) < 4.78 is 19.5. The van der Waals surface area contributed by atoms with Crippen molar-refractivity contribution in [3.63, 3.8) is 0 Å². The third-order valence-corrected chi connectivity index (χ3v) is 15.4. The largest absolute Gasteiger partial charge is 0.501 e. The number of carboxylic acid groups (broad SMARTS) is 3. The summed E-state index contributed by atoms with van der Waals surface area (Å²) in [6.45, 7) is 7.04. The second-order valence-electron chi connectivity index (χ2n) is 19.3. The van der Waals surface area contributed by atoms with Crippen LogP contribution in [0.15, 0.2) is 0 Å². The Hall–Kier alpha value is -1.65. The highest BCUT2D eigenvalue weighted by Gasteiger charge is 2.50. The maximum atomic E-state index is 12.2. The number of carboxylic acids is 3. The fourth-order valence-corrected chi connectivity index (χ4v) is 10.2. The Bertz CT molecular complexity index is 1070. The van der Waals surface area contributed by atoms with Crippen molar-refractivity contribution in [1.29, 1.82) is 0 Å². The van der Waals surface area contributed by atoms with Crippen LogP contribution >= 0.6 is 0 Å². The number of quaternary nitrogens is 1. The molecular weight excluding hydrogens is 799 g/mol. The summed E-state index contributed by atoms with van der Waals surface area (Å²) in [5.74, 6) is -3.99. The minimum Gasteiger partial charge on any atom is -0.481 e. The molecule has 0 aliphatic rings. The summed E-state index contributed by atoms with van der Waals surface area (Å²) in [5.41, 5.74) is -5.29. The Morgan fingerprint density at radius 2 is 0.656 bits per heavy atom. The van der Waals surface area contributed by atoms with Crippen molar-refractivity contribution < 1.29 is 62.8 Å². The van der Waals surface area contributed by atoms with Crippen LogP contribution < -0.4 is 0 Å². The van der Waals surface area contributed by atoms with Gasteiger partial charge in [0.25, 0.3) is 0 Å². The molecule has 0 aromatic rings. The number of nitrogens with zero attached hydrogens (tertiary/aromatic N) is 1.